The molecule has 0 aliphatic carbocycles. The standard InChI is InChI=1S/C17H29N3/c1-4-18-14-15-8-6-7-9-17(15)19(3)16-10-12-20(5-2)13-11-16/h6-9,16,18H,4-5,10-14H2,1-3H3. The molecule has 0 unspecified atom stereocenters. The van der Waals surface area contributed by atoms with Gasteiger partial charge in [-0.1, -0.05) is 32.0 Å². The summed E-state index contributed by atoms with van der Waals surface area (Å²) < 4.78 is 0. The lowest BCUT2D eigenvalue weighted by molar-refractivity contribution is 0.221. The number of anilines is 1. The zero-order valence-electron chi connectivity index (χ0n) is 13.2. The van der Waals surface area contributed by atoms with E-state index in [-0.39, 0.29) is 0 Å². The van der Waals surface area contributed by atoms with E-state index in [4.69, 9.17) is 0 Å². The van der Waals surface area contributed by atoms with Crippen molar-refractivity contribution in [2.75, 3.05) is 38.1 Å². The highest BCUT2D eigenvalue weighted by molar-refractivity contribution is 5.53. The lowest BCUT2D eigenvalue weighted by Gasteiger charge is -2.38. The summed E-state index contributed by atoms with van der Waals surface area (Å²) in [5.41, 5.74) is 2.80. The van der Waals surface area contributed by atoms with Crippen LogP contribution in [0.2, 0.25) is 0 Å². The smallest absolute Gasteiger partial charge is 0.0411 e. The normalized spacial score (nSPS) is 17.4. The molecule has 20 heavy (non-hydrogen) atoms. The molecule has 3 heteroatoms. The van der Waals surface area contributed by atoms with Crippen LogP contribution in [0.15, 0.2) is 24.3 Å². The lowest BCUT2D eigenvalue weighted by atomic mass is 10.0. The monoisotopic (exact) mass is 275 g/mol. The molecule has 112 valence electrons. The largest absolute Gasteiger partial charge is 0.371 e. The summed E-state index contributed by atoms with van der Waals surface area (Å²) >= 11 is 0. The van der Waals surface area contributed by atoms with Crippen LogP contribution < -0.4 is 10.2 Å². The van der Waals surface area contributed by atoms with Gasteiger partial charge >= 0.3 is 0 Å². The SMILES string of the molecule is CCNCc1ccccc1N(C)C1CCN(CC)CC1. The average molecular weight is 275 g/mol. The number of rotatable bonds is 6. The Morgan fingerprint density at radius 1 is 1.20 bits per heavy atom. The van der Waals surface area contributed by atoms with Gasteiger partial charge in [-0.05, 0) is 37.6 Å². The van der Waals surface area contributed by atoms with Gasteiger partial charge in [0.1, 0.15) is 0 Å². The van der Waals surface area contributed by atoms with Gasteiger partial charge in [-0.15, -0.1) is 0 Å². The molecule has 1 saturated heterocycles. The molecule has 3 nitrogen and oxygen atoms in total. The second kappa shape index (κ2) is 7.65. The van der Waals surface area contributed by atoms with Gasteiger partial charge in [0.15, 0.2) is 0 Å². The molecule has 0 aromatic heterocycles. The molecular weight excluding hydrogens is 246 g/mol. The highest BCUT2D eigenvalue weighted by atomic mass is 15.2. The maximum atomic E-state index is 3.44. The first-order valence-electron chi connectivity index (χ1n) is 8.00. The van der Waals surface area contributed by atoms with Crippen molar-refractivity contribution < 1.29 is 0 Å². The topological polar surface area (TPSA) is 18.5 Å². The summed E-state index contributed by atoms with van der Waals surface area (Å²) in [5.74, 6) is 0. The minimum absolute atomic E-state index is 0.681. The molecule has 1 N–H and O–H groups in total. The molecule has 2 rings (SSSR count). The number of nitrogens with one attached hydrogen (secondary N) is 1. The van der Waals surface area contributed by atoms with Crippen LogP contribution in [-0.2, 0) is 6.54 Å². The molecule has 1 aliphatic heterocycles. The predicted octanol–water partition coefficient (Wildman–Crippen LogP) is 2.72. The predicted molar refractivity (Wildman–Crippen MR) is 87.4 cm³/mol. The van der Waals surface area contributed by atoms with Crippen molar-refractivity contribution in [3.05, 3.63) is 29.8 Å². The Kier molecular flexibility index (Phi) is 5.86. The van der Waals surface area contributed by atoms with Crippen LogP contribution in [0, 0.1) is 0 Å². The fourth-order valence-electron chi connectivity index (χ4n) is 3.08. The Morgan fingerprint density at radius 2 is 1.90 bits per heavy atom. The minimum atomic E-state index is 0.681. The zero-order valence-corrected chi connectivity index (χ0v) is 13.2. The van der Waals surface area contributed by atoms with Gasteiger partial charge in [-0.2, -0.15) is 0 Å². The van der Waals surface area contributed by atoms with Gasteiger partial charge in [0.25, 0.3) is 0 Å². The number of nitrogens with zero attached hydrogens (tertiary/aromatic N) is 2. The zero-order chi connectivity index (χ0) is 14.4. The van der Waals surface area contributed by atoms with E-state index in [1.807, 2.05) is 0 Å². The van der Waals surface area contributed by atoms with E-state index < -0.39 is 0 Å². The van der Waals surface area contributed by atoms with E-state index in [9.17, 15) is 0 Å². The van der Waals surface area contributed by atoms with Gasteiger partial charge in [-0.3, -0.25) is 0 Å². The van der Waals surface area contributed by atoms with E-state index in [2.05, 4.69) is 60.3 Å². The third kappa shape index (κ3) is 3.74. The Labute approximate surface area is 124 Å². The molecule has 0 spiro atoms. The molecular formula is C17H29N3. The van der Waals surface area contributed by atoms with Crippen LogP contribution in [0.1, 0.15) is 32.3 Å². The third-order valence-corrected chi connectivity index (χ3v) is 4.49. The highest BCUT2D eigenvalue weighted by Gasteiger charge is 2.22. The maximum absolute atomic E-state index is 3.44. The Hall–Kier alpha value is -1.06. The molecule has 1 fully saturated rings. The summed E-state index contributed by atoms with van der Waals surface area (Å²) in [5, 5.41) is 3.44. The second-order valence-electron chi connectivity index (χ2n) is 5.69. The van der Waals surface area contributed by atoms with E-state index in [1.54, 1.807) is 0 Å². The number of benzene rings is 1. The fraction of sp³-hybridized carbons (Fsp3) is 0.647. The van der Waals surface area contributed by atoms with Crippen LogP contribution in [0.4, 0.5) is 5.69 Å². The summed E-state index contributed by atoms with van der Waals surface area (Å²) in [6, 6.07) is 9.49. The molecule has 1 aromatic rings. The van der Waals surface area contributed by atoms with Crippen LogP contribution in [0.5, 0.6) is 0 Å². The fourth-order valence-corrected chi connectivity index (χ4v) is 3.08. The third-order valence-electron chi connectivity index (χ3n) is 4.49. The molecule has 0 amide bonds. The number of piperidine rings is 1. The van der Waals surface area contributed by atoms with Gasteiger partial charge in [0, 0.05) is 38.4 Å². The van der Waals surface area contributed by atoms with Crippen LogP contribution >= 0.6 is 0 Å². The molecule has 0 atom stereocenters. The van der Waals surface area contributed by atoms with Gasteiger partial charge in [-0.25, -0.2) is 0 Å². The molecule has 0 radical (unpaired) electrons. The van der Waals surface area contributed by atoms with Crippen molar-refractivity contribution in [1.82, 2.24) is 10.2 Å². The Bertz CT molecular complexity index is 397. The van der Waals surface area contributed by atoms with Crippen LogP contribution in [-0.4, -0.2) is 44.2 Å². The Morgan fingerprint density at radius 3 is 2.55 bits per heavy atom. The highest BCUT2D eigenvalue weighted by Crippen LogP contribution is 2.25. The number of hydrogen-bond donors (Lipinski definition) is 1. The van der Waals surface area contributed by atoms with Crippen molar-refractivity contribution in [3.8, 4) is 0 Å². The van der Waals surface area contributed by atoms with Crippen LogP contribution in [0.3, 0.4) is 0 Å². The summed E-state index contributed by atoms with van der Waals surface area (Å²) in [6.45, 7) is 10.1. The van der Waals surface area contributed by atoms with Crippen molar-refractivity contribution in [3.63, 3.8) is 0 Å². The van der Waals surface area contributed by atoms with E-state index in [0.29, 0.717) is 6.04 Å². The quantitative estimate of drug-likeness (QED) is 0.861. The first-order valence-corrected chi connectivity index (χ1v) is 8.00. The number of likely N-dealkylation sites (tertiary alicyclic amines) is 1. The Balaban J connectivity index is 2.03. The lowest BCUT2D eigenvalue weighted by Crippen LogP contribution is -2.43. The van der Waals surface area contributed by atoms with Gasteiger partial charge < -0.3 is 15.1 Å². The maximum Gasteiger partial charge on any atom is 0.0411 e. The molecule has 0 saturated carbocycles. The van der Waals surface area contributed by atoms with E-state index in [0.717, 1.165) is 13.1 Å². The summed E-state index contributed by atoms with van der Waals surface area (Å²) in [6.07, 6.45) is 2.56. The van der Waals surface area contributed by atoms with Crippen molar-refractivity contribution in [2.24, 2.45) is 0 Å². The van der Waals surface area contributed by atoms with E-state index in [1.165, 1.54) is 43.7 Å². The minimum Gasteiger partial charge on any atom is -0.371 e. The van der Waals surface area contributed by atoms with Crippen LogP contribution in [0.25, 0.3) is 0 Å². The van der Waals surface area contributed by atoms with Crippen molar-refractivity contribution in [2.45, 2.75) is 39.3 Å². The van der Waals surface area contributed by atoms with Crippen molar-refractivity contribution in [1.29, 1.82) is 0 Å². The first kappa shape index (κ1) is 15.3. The second-order valence-corrected chi connectivity index (χ2v) is 5.69. The molecule has 1 aliphatic rings. The molecule has 0 bridgehead atoms. The number of hydrogen-bond acceptors (Lipinski definition) is 3. The number of para-hydroxylation sites is 1. The van der Waals surface area contributed by atoms with Crippen molar-refractivity contribution >= 4 is 5.69 Å². The molecule has 1 aromatic carbocycles. The van der Waals surface area contributed by atoms with Gasteiger partial charge in [0.05, 0.1) is 0 Å². The van der Waals surface area contributed by atoms with Gasteiger partial charge in [0.2, 0.25) is 0 Å². The van der Waals surface area contributed by atoms with E-state index >= 15 is 0 Å². The first-order chi connectivity index (χ1) is 9.76. The summed E-state index contributed by atoms with van der Waals surface area (Å²) in [7, 11) is 2.26. The molecule has 1 heterocycles. The average Bonchev–Trinajstić information content (AvgIpc) is 2.52. The summed E-state index contributed by atoms with van der Waals surface area (Å²) in [4.78, 5) is 5.05.